The second kappa shape index (κ2) is 9.52. The molecule has 3 atom stereocenters. The summed E-state index contributed by atoms with van der Waals surface area (Å²) in [5.41, 5.74) is 0.354. The first-order valence-corrected chi connectivity index (χ1v) is 11.4. The molecule has 1 aliphatic carbocycles. The first-order valence-electron chi connectivity index (χ1n) is 10.6. The SMILES string of the molecule is COC(=O)[C@H]1CCC(NC(=O)OC(C)(C)C)C(NC(=O)c2nc3c(s2)CN(C)CC3)C1. The summed E-state index contributed by atoms with van der Waals surface area (Å²) in [5, 5.41) is 6.28. The standard InChI is InChI=1S/C21H32N4O5S/c1-21(2,3)30-20(28)24-13-7-6-12(19(27)29-5)10-15(13)22-17(26)18-23-14-8-9-25(4)11-16(14)31-18/h12-13,15H,6-11H2,1-5H3,(H,22,26)(H,24,28)/t12-,13?,15?/m0/s1. The van der Waals surface area contributed by atoms with Crippen molar-refractivity contribution in [3.05, 3.63) is 15.6 Å². The number of alkyl carbamates (subject to hydrolysis) is 1. The number of likely N-dealkylation sites (N-methyl/N-ethyl adjacent to an activating group) is 1. The maximum Gasteiger partial charge on any atom is 0.407 e. The second-order valence-corrected chi connectivity index (χ2v) is 10.3. The fourth-order valence-corrected chi connectivity index (χ4v) is 5.08. The zero-order valence-electron chi connectivity index (χ0n) is 18.8. The molecule has 1 aliphatic heterocycles. The number of aromatic nitrogens is 1. The van der Waals surface area contributed by atoms with E-state index in [-0.39, 0.29) is 23.8 Å². The Hall–Kier alpha value is -2.20. The van der Waals surface area contributed by atoms with Crippen LogP contribution in [0.4, 0.5) is 4.79 Å². The molecule has 2 heterocycles. The number of ether oxygens (including phenoxy) is 2. The fraction of sp³-hybridized carbons (Fsp3) is 0.714. The minimum absolute atomic E-state index is 0.284. The summed E-state index contributed by atoms with van der Waals surface area (Å²) in [5.74, 6) is -0.915. The van der Waals surface area contributed by atoms with Gasteiger partial charge in [0, 0.05) is 24.4 Å². The number of rotatable bonds is 4. The lowest BCUT2D eigenvalue weighted by atomic mass is 9.82. The number of methoxy groups -OCH3 is 1. The topological polar surface area (TPSA) is 110 Å². The van der Waals surface area contributed by atoms with Crippen molar-refractivity contribution in [2.24, 2.45) is 5.92 Å². The molecule has 10 heteroatoms. The number of amides is 2. The number of hydrogen-bond acceptors (Lipinski definition) is 8. The van der Waals surface area contributed by atoms with Gasteiger partial charge in [-0.15, -0.1) is 11.3 Å². The number of nitrogens with zero attached hydrogens (tertiary/aromatic N) is 2. The summed E-state index contributed by atoms with van der Waals surface area (Å²) in [6.45, 7) is 7.09. The average Bonchev–Trinajstić information content (AvgIpc) is 3.10. The minimum atomic E-state index is -0.626. The van der Waals surface area contributed by atoms with Crippen LogP contribution in [0.5, 0.6) is 0 Å². The van der Waals surface area contributed by atoms with Crippen LogP contribution in [-0.2, 0) is 27.2 Å². The Kier molecular flexibility index (Phi) is 7.20. The van der Waals surface area contributed by atoms with Gasteiger partial charge in [-0.1, -0.05) is 0 Å². The number of fused-ring (bicyclic) bond motifs is 1. The van der Waals surface area contributed by atoms with E-state index in [0.29, 0.717) is 24.3 Å². The molecule has 2 aliphatic rings. The van der Waals surface area contributed by atoms with E-state index in [4.69, 9.17) is 9.47 Å². The average molecular weight is 453 g/mol. The predicted octanol–water partition coefficient (Wildman–Crippen LogP) is 2.10. The lowest BCUT2D eigenvalue weighted by Gasteiger charge is -2.36. The van der Waals surface area contributed by atoms with Crippen LogP contribution in [0, 0.1) is 5.92 Å². The summed E-state index contributed by atoms with van der Waals surface area (Å²) in [6, 6.07) is -0.776. The van der Waals surface area contributed by atoms with Crippen LogP contribution in [0.3, 0.4) is 0 Å². The highest BCUT2D eigenvalue weighted by molar-refractivity contribution is 7.13. The molecule has 172 valence electrons. The van der Waals surface area contributed by atoms with Gasteiger partial charge in [0.25, 0.3) is 5.91 Å². The highest BCUT2D eigenvalue weighted by Gasteiger charge is 2.37. The first-order chi connectivity index (χ1) is 14.6. The van der Waals surface area contributed by atoms with Gasteiger partial charge in [-0.25, -0.2) is 9.78 Å². The molecule has 0 bridgehead atoms. The van der Waals surface area contributed by atoms with E-state index in [1.807, 2.05) is 7.05 Å². The van der Waals surface area contributed by atoms with Gasteiger partial charge in [-0.3, -0.25) is 9.59 Å². The third-order valence-electron chi connectivity index (χ3n) is 5.52. The number of carbonyl (C=O) groups is 3. The molecule has 1 aromatic rings. The Bertz CT molecular complexity index is 834. The maximum absolute atomic E-state index is 13.0. The summed E-state index contributed by atoms with van der Waals surface area (Å²) >= 11 is 1.40. The van der Waals surface area contributed by atoms with Gasteiger partial charge in [-0.05, 0) is 47.1 Å². The molecule has 1 aromatic heterocycles. The highest BCUT2D eigenvalue weighted by atomic mass is 32.1. The van der Waals surface area contributed by atoms with Crippen molar-refractivity contribution in [1.29, 1.82) is 0 Å². The molecular weight excluding hydrogens is 420 g/mol. The van der Waals surface area contributed by atoms with E-state index in [1.54, 1.807) is 20.8 Å². The Morgan fingerprint density at radius 1 is 1.16 bits per heavy atom. The monoisotopic (exact) mass is 452 g/mol. The van der Waals surface area contributed by atoms with E-state index in [9.17, 15) is 14.4 Å². The van der Waals surface area contributed by atoms with Gasteiger partial charge in [0.05, 0.1) is 30.8 Å². The van der Waals surface area contributed by atoms with E-state index in [2.05, 4.69) is 20.5 Å². The van der Waals surface area contributed by atoms with E-state index in [1.165, 1.54) is 18.4 Å². The number of nitrogens with one attached hydrogen (secondary N) is 2. The summed E-state index contributed by atoms with van der Waals surface area (Å²) in [4.78, 5) is 45.2. The summed E-state index contributed by atoms with van der Waals surface area (Å²) in [7, 11) is 3.41. The third kappa shape index (κ3) is 6.16. The van der Waals surface area contributed by atoms with Gasteiger partial charge < -0.3 is 25.0 Å². The lowest BCUT2D eigenvalue weighted by molar-refractivity contribution is -0.146. The van der Waals surface area contributed by atoms with Crippen LogP contribution in [-0.4, -0.2) is 66.2 Å². The van der Waals surface area contributed by atoms with Crippen molar-refractivity contribution in [2.75, 3.05) is 20.7 Å². The van der Waals surface area contributed by atoms with Crippen molar-refractivity contribution < 1.29 is 23.9 Å². The normalized spacial score (nSPS) is 24.1. The van der Waals surface area contributed by atoms with Crippen LogP contribution < -0.4 is 10.6 Å². The highest BCUT2D eigenvalue weighted by Crippen LogP contribution is 2.28. The van der Waals surface area contributed by atoms with Gasteiger partial charge >= 0.3 is 12.1 Å². The molecule has 0 aromatic carbocycles. The third-order valence-corrected chi connectivity index (χ3v) is 6.60. The summed E-state index contributed by atoms with van der Waals surface area (Å²) in [6.07, 6.45) is 1.76. The molecular formula is C21H32N4O5S. The van der Waals surface area contributed by atoms with E-state index in [0.717, 1.165) is 30.1 Å². The van der Waals surface area contributed by atoms with Crippen molar-refractivity contribution in [3.63, 3.8) is 0 Å². The molecule has 9 nitrogen and oxygen atoms in total. The van der Waals surface area contributed by atoms with Crippen LogP contribution in [0.1, 0.15) is 60.4 Å². The summed E-state index contributed by atoms with van der Waals surface area (Å²) < 4.78 is 10.3. The fourth-order valence-electron chi connectivity index (χ4n) is 3.99. The Morgan fingerprint density at radius 2 is 1.90 bits per heavy atom. The lowest BCUT2D eigenvalue weighted by Crippen LogP contribution is -2.56. The molecule has 0 radical (unpaired) electrons. The molecule has 3 rings (SSSR count). The van der Waals surface area contributed by atoms with Crippen LogP contribution in [0.15, 0.2) is 0 Å². The zero-order chi connectivity index (χ0) is 22.8. The van der Waals surface area contributed by atoms with E-state index >= 15 is 0 Å². The minimum Gasteiger partial charge on any atom is -0.469 e. The number of carbonyl (C=O) groups excluding carboxylic acids is 3. The molecule has 2 unspecified atom stereocenters. The quantitative estimate of drug-likeness (QED) is 0.673. The van der Waals surface area contributed by atoms with Crippen molar-refractivity contribution in [2.45, 2.75) is 70.7 Å². The van der Waals surface area contributed by atoms with E-state index < -0.39 is 17.7 Å². The van der Waals surface area contributed by atoms with Crippen molar-refractivity contribution in [3.8, 4) is 0 Å². The number of esters is 1. The van der Waals surface area contributed by atoms with Crippen LogP contribution >= 0.6 is 11.3 Å². The van der Waals surface area contributed by atoms with Gasteiger partial charge in [0.1, 0.15) is 5.60 Å². The van der Waals surface area contributed by atoms with Gasteiger partial charge in [0.2, 0.25) is 0 Å². The Balaban J connectivity index is 1.71. The Labute approximate surface area is 186 Å². The molecule has 0 spiro atoms. The Morgan fingerprint density at radius 3 is 2.58 bits per heavy atom. The number of thiazole rings is 1. The largest absolute Gasteiger partial charge is 0.469 e. The smallest absolute Gasteiger partial charge is 0.407 e. The molecule has 2 N–H and O–H groups in total. The van der Waals surface area contributed by atoms with Crippen molar-refractivity contribution in [1.82, 2.24) is 20.5 Å². The zero-order valence-corrected chi connectivity index (χ0v) is 19.6. The van der Waals surface area contributed by atoms with Crippen molar-refractivity contribution >= 4 is 29.3 Å². The maximum atomic E-state index is 13.0. The molecule has 31 heavy (non-hydrogen) atoms. The molecule has 0 saturated heterocycles. The van der Waals surface area contributed by atoms with Crippen LogP contribution in [0.2, 0.25) is 0 Å². The molecule has 1 fully saturated rings. The molecule has 1 saturated carbocycles. The predicted molar refractivity (Wildman–Crippen MR) is 116 cm³/mol. The van der Waals surface area contributed by atoms with Gasteiger partial charge in [-0.2, -0.15) is 0 Å². The number of hydrogen-bond donors (Lipinski definition) is 2. The van der Waals surface area contributed by atoms with Gasteiger partial charge in [0.15, 0.2) is 5.01 Å². The first kappa shape index (κ1) is 23.5. The molecule has 2 amide bonds. The second-order valence-electron chi connectivity index (χ2n) is 9.24. The van der Waals surface area contributed by atoms with Crippen LogP contribution in [0.25, 0.3) is 0 Å².